The average Bonchev–Trinajstić information content (AvgIpc) is 3.25. The molecule has 0 aliphatic rings. The van der Waals surface area contributed by atoms with E-state index in [9.17, 15) is 9.00 Å². The van der Waals surface area contributed by atoms with E-state index in [1.54, 1.807) is 23.7 Å². The van der Waals surface area contributed by atoms with Gasteiger partial charge in [0, 0.05) is 24.7 Å². The number of hydrogen-bond donors (Lipinski definition) is 1. The van der Waals surface area contributed by atoms with Crippen molar-refractivity contribution in [2.45, 2.75) is 71.8 Å². The van der Waals surface area contributed by atoms with E-state index in [2.05, 4.69) is 50.3 Å². The van der Waals surface area contributed by atoms with Crippen molar-refractivity contribution in [3.63, 3.8) is 0 Å². The van der Waals surface area contributed by atoms with Crippen LogP contribution in [-0.4, -0.2) is 40.7 Å². The standard InChI is InChI=1S/C26H42N4O4SSi/c1-9-14-22(19-33-24-17-18-30(10-2)27-24)20-35(32,29-36(7,8)26(4,5)6)28-25(31)34-21(3)23-15-12-11-13-16-23/h9,11-13,15-18,21-22H,1,10,14,19-20H2,2-8H3,(H,28,29,31,32)/t21-,22+,35-/m0/s1. The van der Waals surface area contributed by atoms with Crippen LogP contribution < -0.4 is 9.46 Å². The molecule has 3 atom stereocenters. The molecule has 0 spiro atoms. The molecule has 0 unspecified atom stereocenters. The lowest BCUT2D eigenvalue weighted by Crippen LogP contribution is -2.43. The molecule has 36 heavy (non-hydrogen) atoms. The fourth-order valence-corrected chi connectivity index (χ4v) is 9.04. The lowest BCUT2D eigenvalue weighted by molar-refractivity contribution is 0.113. The van der Waals surface area contributed by atoms with Crippen molar-refractivity contribution in [1.29, 1.82) is 0 Å². The van der Waals surface area contributed by atoms with Crippen molar-refractivity contribution >= 4 is 24.2 Å². The monoisotopic (exact) mass is 534 g/mol. The molecule has 0 aliphatic carbocycles. The summed E-state index contributed by atoms with van der Waals surface area (Å²) >= 11 is 0. The third-order valence-electron chi connectivity index (χ3n) is 6.38. The highest BCUT2D eigenvalue weighted by molar-refractivity contribution is 7.93. The summed E-state index contributed by atoms with van der Waals surface area (Å²) in [7, 11) is -5.57. The molecule has 1 amide bonds. The number of ether oxygens (including phenoxy) is 2. The molecule has 0 bridgehead atoms. The maximum absolute atomic E-state index is 14.3. The minimum absolute atomic E-state index is 0.120. The maximum atomic E-state index is 14.3. The zero-order chi connectivity index (χ0) is 27.0. The number of rotatable bonds is 12. The number of allylic oxidation sites excluding steroid dienone is 1. The molecule has 2 aromatic rings. The minimum Gasteiger partial charge on any atom is -0.476 e. The Kier molecular flexibility index (Phi) is 10.4. The summed E-state index contributed by atoms with van der Waals surface area (Å²) in [5.74, 6) is 0.430. The van der Waals surface area contributed by atoms with E-state index in [1.165, 1.54) is 0 Å². The van der Waals surface area contributed by atoms with Gasteiger partial charge in [0.2, 0.25) is 5.88 Å². The van der Waals surface area contributed by atoms with E-state index < -0.39 is 30.3 Å². The van der Waals surface area contributed by atoms with Crippen LogP contribution >= 0.6 is 0 Å². The van der Waals surface area contributed by atoms with Crippen LogP contribution in [0.5, 0.6) is 5.88 Å². The van der Waals surface area contributed by atoms with Gasteiger partial charge in [-0.25, -0.2) is 13.7 Å². The van der Waals surface area contributed by atoms with Gasteiger partial charge in [-0.3, -0.25) is 8.71 Å². The first-order valence-corrected chi connectivity index (χ1v) is 17.0. The molecule has 2 rings (SSSR count). The van der Waals surface area contributed by atoms with Crippen molar-refractivity contribution in [3.8, 4) is 5.88 Å². The normalized spacial score (nSPS) is 15.3. The van der Waals surface area contributed by atoms with Crippen LogP contribution in [0.3, 0.4) is 0 Å². The molecule has 0 aliphatic heterocycles. The first-order chi connectivity index (χ1) is 16.8. The summed E-state index contributed by atoms with van der Waals surface area (Å²) in [6.45, 7) is 19.0. The molecule has 8 nitrogen and oxygen atoms in total. The average molecular weight is 535 g/mol. The summed E-state index contributed by atoms with van der Waals surface area (Å²) < 4.78 is 35.0. The largest absolute Gasteiger partial charge is 0.476 e. The van der Waals surface area contributed by atoms with Crippen LogP contribution in [0.15, 0.2) is 59.3 Å². The number of aromatic nitrogens is 2. The molecule has 0 saturated carbocycles. The Labute approximate surface area is 217 Å². The number of carbonyl (C=O) groups excluding carboxylic acids is 1. The Hall–Kier alpha value is -2.59. The second-order valence-corrected chi connectivity index (χ2v) is 17.6. The maximum Gasteiger partial charge on any atom is 0.420 e. The third-order valence-corrected chi connectivity index (χ3v) is 14.5. The van der Waals surface area contributed by atoms with E-state index in [0.29, 0.717) is 12.3 Å². The number of nitrogens with zero attached hydrogens (tertiary/aromatic N) is 3. The lowest BCUT2D eigenvalue weighted by Gasteiger charge is -2.34. The van der Waals surface area contributed by atoms with E-state index in [4.69, 9.17) is 13.5 Å². The predicted molar refractivity (Wildman–Crippen MR) is 149 cm³/mol. The Morgan fingerprint density at radius 1 is 1.28 bits per heavy atom. The molecule has 200 valence electrons. The first-order valence-electron chi connectivity index (χ1n) is 12.3. The first kappa shape index (κ1) is 29.6. The van der Waals surface area contributed by atoms with Gasteiger partial charge in [-0.2, -0.15) is 0 Å². The predicted octanol–water partition coefficient (Wildman–Crippen LogP) is 6.35. The summed E-state index contributed by atoms with van der Waals surface area (Å²) in [5, 5.41) is 4.19. The third kappa shape index (κ3) is 8.81. The fourth-order valence-electron chi connectivity index (χ4n) is 3.25. The Balaban J connectivity index is 2.28. The smallest absolute Gasteiger partial charge is 0.420 e. The number of nitrogens with one attached hydrogen (secondary N) is 1. The van der Waals surface area contributed by atoms with Crippen LogP contribution in [0.25, 0.3) is 0 Å². The summed E-state index contributed by atoms with van der Waals surface area (Å²) in [6.07, 6.45) is 2.91. The second kappa shape index (κ2) is 12.6. The topological polar surface area (TPSA) is 94.8 Å². The van der Waals surface area contributed by atoms with Gasteiger partial charge in [-0.05, 0) is 44.0 Å². The second-order valence-electron chi connectivity index (χ2n) is 10.5. The van der Waals surface area contributed by atoms with Crippen molar-refractivity contribution in [2.24, 2.45) is 9.95 Å². The molecule has 1 aromatic carbocycles. The van der Waals surface area contributed by atoms with Gasteiger partial charge in [-0.15, -0.1) is 11.7 Å². The molecular weight excluding hydrogens is 492 g/mol. The van der Waals surface area contributed by atoms with Gasteiger partial charge < -0.3 is 9.47 Å². The van der Waals surface area contributed by atoms with Crippen LogP contribution in [-0.2, 0) is 21.2 Å². The number of benzene rings is 1. The van der Waals surface area contributed by atoms with E-state index in [0.717, 1.165) is 12.1 Å². The number of hydrogen-bond acceptors (Lipinski definition) is 6. The van der Waals surface area contributed by atoms with Crippen LogP contribution in [0.4, 0.5) is 4.79 Å². The van der Waals surface area contributed by atoms with Gasteiger partial charge in [0.25, 0.3) is 0 Å². The SMILES string of the molecule is C=CC[C@H](COc1ccn(CC)n1)C[S@@](=O)(=N[Si](C)(C)C(C)(C)C)NC(=O)O[C@@H](C)c1ccccc1. The molecule has 0 saturated heterocycles. The van der Waals surface area contributed by atoms with Crippen molar-refractivity contribution < 1.29 is 18.5 Å². The molecular formula is C26H42N4O4SSi. The highest BCUT2D eigenvalue weighted by Crippen LogP contribution is 2.37. The summed E-state index contributed by atoms with van der Waals surface area (Å²) in [5.41, 5.74) is 0.852. The van der Waals surface area contributed by atoms with Crippen LogP contribution in [0, 0.1) is 5.92 Å². The van der Waals surface area contributed by atoms with Crippen LogP contribution in [0.2, 0.25) is 18.1 Å². The van der Waals surface area contributed by atoms with Crippen molar-refractivity contribution in [1.82, 2.24) is 14.5 Å². The number of amides is 1. The van der Waals surface area contributed by atoms with Gasteiger partial charge in [0.15, 0.2) is 8.24 Å². The van der Waals surface area contributed by atoms with Gasteiger partial charge in [-0.1, -0.05) is 57.2 Å². The Bertz CT molecular complexity index is 1120. The van der Waals surface area contributed by atoms with Gasteiger partial charge in [0.1, 0.15) is 16.0 Å². The van der Waals surface area contributed by atoms with Crippen molar-refractivity contribution in [2.75, 3.05) is 12.4 Å². The molecule has 10 heteroatoms. The number of carbonyl (C=O) groups is 1. The van der Waals surface area contributed by atoms with Gasteiger partial charge >= 0.3 is 6.09 Å². The summed E-state index contributed by atoms with van der Waals surface area (Å²) in [4.78, 5) is 12.9. The fraction of sp³-hybridized carbons (Fsp3) is 0.538. The number of aryl methyl sites for hydroxylation is 1. The highest BCUT2D eigenvalue weighted by Gasteiger charge is 2.38. The zero-order valence-electron chi connectivity index (χ0n) is 22.7. The van der Waals surface area contributed by atoms with Gasteiger partial charge in [0.05, 0.1) is 12.4 Å². The van der Waals surface area contributed by atoms with E-state index in [1.807, 2.05) is 43.5 Å². The van der Waals surface area contributed by atoms with E-state index >= 15 is 0 Å². The zero-order valence-corrected chi connectivity index (χ0v) is 24.5. The molecule has 0 fully saturated rings. The molecule has 1 heterocycles. The molecule has 0 radical (unpaired) electrons. The molecule has 1 aromatic heterocycles. The summed E-state index contributed by atoms with van der Waals surface area (Å²) in [6, 6.07) is 11.2. The lowest BCUT2D eigenvalue weighted by atomic mass is 10.1. The van der Waals surface area contributed by atoms with Crippen LogP contribution in [0.1, 0.15) is 52.7 Å². The Morgan fingerprint density at radius 3 is 2.50 bits per heavy atom. The minimum atomic E-state index is -3.17. The van der Waals surface area contributed by atoms with E-state index in [-0.39, 0.29) is 23.3 Å². The molecule has 1 N–H and O–H groups in total. The highest BCUT2D eigenvalue weighted by atomic mass is 32.2. The van der Waals surface area contributed by atoms with Crippen molar-refractivity contribution in [3.05, 3.63) is 60.8 Å². The quantitative estimate of drug-likeness (QED) is 0.253. The Morgan fingerprint density at radius 2 is 1.94 bits per heavy atom.